The number of benzene rings is 1. The van der Waals surface area contributed by atoms with Crippen LogP contribution in [0.1, 0.15) is 4.88 Å². The Labute approximate surface area is 129 Å². The van der Waals surface area contributed by atoms with Crippen LogP contribution >= 0.6 is 27.3 Å². The highest BCUT2D eigenvalue weighted by Crippen LogP contribution is 2.19. The maximum absolute atomic E-state index is 13.6. The second kappa shape index (κ2) is 6.85. The number of nitrogens with zero attached hydrogens (tertiary/aromatic N) is 1. The van der Waals surface area contributed by atoms with Gasteiger partial charge in [0.2, 0.25) is 5.91 Å². The zero-order valence-corrected chi connectivity index (χ0v) is 13.3. The number of halogens is 2. The highest BCUT2D eigenvalue weighted by molar-refractivity contribution is 9.10. The fourth-order valence-electron chi connectivity index (χ4n) is 1.66. The van der Waals surface area contributed by atoms with Crippen LogP contribution in [0.2, 0.25) is 0 Å². The third-order valence-electron chi connectivity index (χ3n) is 2.76. The van der Waals surface area contributed by atoms with Crippen LogP contribution in [0.5, 0.6) is 0 Å². The van der Waals surface area contributed by atoms with Gasteiger partial charge in [-0.05, 0) is 29.6 Å². The van der Waals surface area contributed by atoms with E-state index in [1.165, 1.54) is 6.07 Å². The van der Waals surface area contributed by atoms with Crippen molar-refractivity contribution in [2.24, 2.45) is 0 Å². The van der Waals surface area contributed by atoms with E-state index in [0.717, 1.165) is 4.88 Å². The lowest BCUT2D eigenvalue weighted by Gasteiger charge is -2.17. The topological polar surface area (TPSA) is 32.3 Å². The molecular formula is C14H14BrFN2OS. The zero-order valence-electron chi connectivity index (χ0n) is 10.9. The first-order chi connectivity index (χ1) is 9.56. The van der Waals surface area contributed by atoms with Crippen LogP contribution in [0.4, 0.5) is 10.1 Å². The van der Waals surface area contributed by atoms with E-state index >= 15 is 0 Å². The zero-order chi connectivity index (χ0) is 14.5. The van der Waals surface area contributed by atoms with E-state index < -0.39 is 0 Å². The molecule has 1 amide bonds. The molecule has 1 N–H and O–H groups in total. The fraction of sp³-hybridized carbons (Fsp3) is 0.214. The first-order valence-electron chi connectivity index (χ1n) is 6.01. The van der Waals surface area contributed by atoms with Gasteiger partial charge in [0.25, 0.3) is 0 Å². The molecule has 1 aromatic heterocycles. The summed E-state index contributed by atoms with van der Waals surface area (Å²) in [6.07, 6.45) is 0. The minimum Gasteiger partial charge on any atom is -0.374 e. The molecule has 1 heterocycles. The molecule has 0 aliphatic heterocycles. The predicted molar refractivity (Wildman–Crippen MR) is 83.4 cm³/mol. The number of amides is 1. The number of hydrogen-bond donors (Lipinski definition) is 1. The number of carbonyl (C=O) groups excluding carboxylic acids is 1. The Bertz CT molecular complexity index is 589. The fourth-order valence-corrected chi connectivity index (χ4v) is 2.75. The smallest absolute Gasteiger partial charge is 0.241 e. The molecule has 2 rings (SSSR count). The molecular weight excluding hydrogens is 343 g/mol. The van der Waals surface area contributed by atoms with Gasteiger partial charge in [-0.2, -0.15) is 0 Å². The highest BCUT2D eigenvalue weighted by atomic mass is 79.9. The van der Waals surface area contributed by atoms with Crippen LogP contribution in [0.3, 0.4) is 0 Å². The number of carbonyl (C=O) groups is 1. The molecule has 0 aliphatic carbocycles. The van der Waals surface area contributed by atoms with E-state index in [-0.39, 0.29) is 18.3 Å². The monoisotopic (exact) mass is 356 g/mol. The minimum absolute atomic E-state index is 0.0699. The van der Waals surface area contributed by atoms with Gasteiger partial charge in [0.05, 0.1) is 18.8 Å². The highest BCUT2D eigenvalue weighted by Gasteiger charge is 2.11. The summed E-state index contributed by atoms with van der Waals surface area (Å²) in [5, 5.41) is 4.79. The first-order valence-corrected chi connectivity index (χ1v) is 7.69. The van der Waals surface area contributed by atoms with E-state index in [0.29, 0.717) is 16.7 Å². The van der Waals surface area contributed by atoms with Gasteiger partial charge in [-0.25, -0.2) is 4.39 Å². The lowest BCUT2D eigenvalue weighted by molar-refractivity contribution is -0.128. The van der Waals surface area contributed by atoms with Crippen molar-refractivity contribution >= 4 is 38.9 Å². The van der Waals surface area contributed by atoms with Crippen molar-refractivity contribution < 1.29 is 9.18 Å². The molecule has 0 saturated heterocycles. The van der Waals surface area contributed by atoms with Crippen molar-refractivity contribution in [2.45, 2.75) is 6.54 Å². The van der Waals surface area contributed by atoms with Crippen molar-refractivity contribution in [1.82, 2.24) is 4.90 Å². The van der Waals surface area contributed by atoms with Gasteiger partial charge in [-0.15, -0.1) is 11.3 Å². The maximum Gasteiger partial charge on any atom is 0.241 e. The average Bonchev–Trinajstić information content (AvgIpc) is 2.90. The van der Waals surface area contributed by atoms with E-state index in [2.05, 4.69) is 21.2 Å². The Hall–Kier alpha value is -1.40. The van der Waals surface area contributed by atoms with Gasteiger partial charge >= 0.3 is 0 Å². The van der Waals surface area contributed by atoms with Crippen LogP contribution in [0.25, 0.3) is 0 Å². The number of nitrogens with one attached hydrogen (secondary N) is 1. The summed E-state index contributed by atoms with van der Waals surface area (Å²) in [6, 6.07) is 8.63. The molecule has 2 aromatic rings. The van der Waals surface area contributed by atoms with Crippen molar-refractivity contribution in [2.75, 3.05) is 18.9 Å². The van der Waals surface area contributed by atoms with Gasteiger partial charge in [0, 0.05) is 16.4 Å². The number of thiophene rings is 1. The predicted octanol–water partition coefficient (Wildman–Crippen LogP) is 3.72. The average molecular weight is 357 g/mol. The maximum atomic E-state index is 13.6. The summed E-state index contributed by atoms with van der Waals surface area (Å²) in [5.74, 6) is -0.464. The molecule has 106 valence electrons. The molecule has 20 heavy (non-hydrogen) atoms. The van der Waals surface area contributed by atoms with Crippen LogP contribution in [0, 0.1) is 5.82 Å². The summed E-state index contributed by atoms with van der Waals surface area (Å²) in [6.45, 7) is 0.640. The van der Waals surface area contributed by atoms with E-state index in [9.17, 15) is 9.18 Å². The van der Waals surface area contributed by atoms with Gasteiger partial charge in [0.1, 0.15) is 5.82 Å². The van der Waals surface area contributed by atoms with E-state index in [4.69, 9.17) is 0 Å². The first kappa shape index (κ1) is 15.0. The molecule has 0 bridgehead atoms. The normalized spacial score (nSPS) is 10.3. The second-order valence-corrected chi connectivity index (χ2v) is 6.25. The van der Waals surface area contributed by atoms with Gasteiger partial charge < -0.3 is 10.2 Å². The molecule has 0 spiro atoms. The molecule has 6 heteroatoms. The minimum atomic E-state index is -0.381. The molecule has 1 aromatic carbocycles. The largest absolute Gasteiger partial charge is 0.374 e. The molecule has 3 nitrogen and oxygen atoms in total. The van der Waals surface area contributed by atoms with Gasteiger partial charge in [-0.3, -0.25) is 4.79 Å². The summed E-state index contributed by atoms with van der Waals surface area (Å²) in [4.78, 5) is 14.7. The van der Waals surface area contributed by atoms with Crippen LogP contribution in [-0.2, 0) is 11.3 Å². The van der Waals surface area contributed by atoms with Crippen molar-refractivity contribution in [3.63, 3.8) is 0 Å². The van der Waals surface area contributed by atoms with Crippen LogP contribution < -0.4 is 5.32 Å². The Morgan fingerprint density at radius 1 is 1.45 bits per heavy atom. The van der Waals surface area contributed by atoms with Gasteiger partial charge in [-0.1, -0.05) is 22.0 Å². The van der Waals surface area contributed by atoms with E-state index in [1.54, 1.807) is 35.4 Å². The molecule has 0 atom stereocenters. The number of hydrogen-bond acceptors (Lipinski definition) is 3. The molecule has 0 fully saturated rings. The molecule has 0 unspecified atom stereocenters. The second-order valence-electron chi connectivity index (χ2n) is 4.31. The summed E-state index contributed by atoms with van der Waals surface area (Å²) in [7, 11) is 1.74. The molecule has 0 aliphatic rings. The molecule has 0 radical (unpaired) electrons. The Balaban J connectivity index is 1.88. The third kappa shape index (κ3) is 4.05. The SMILES string of the molecule is CN(Cc1cccs1)C(=O)CNc1ccc(Br)cc1F. The quantitative estimate of drug-likeness (QED) is 0.885. The standard InChI is InChI=1S/C14H14BrFN2OS/c1-18(9-11-3-2-6-20-11)14(19)8-17-13-5-4-10(15)7-12(13)16/h2-7,17H,8-9H2,1H3. The Morgan fingerprint density at radius 3 is 2.90 bits per heavy atom. The third-order valence-corrected chi connectivity index (χ3v) is 4.11. The van der Waals surface area contributed by atoms with E-state index in [1.807, 2.05) is 17.5 Å². The number of anilines is 1. The van der Waals surface area contributed by atoms with Crippen LogP contribution in [0.15, 0.2) is 40.2 Å². The summed E-state index contributed by atoms with van der Waals surface area (Å²) in [5.41, 5.74) is 0.325. The Morgan fingerprint density at radius 2 is 2.25 bits per heavy atom. The lowest BCUT2D eigenvalue weighted by Crippen LogP contribution is -2.31. The van der Waals surface area contributed by atoms with Crippen molar-refractivity contribution in [3.8, 4) is 0 Å². The Kier molecular flexibility index (Phi) is 5.14. The molecule has 0 saturated carbocycles. The summed E-state index contributed by atoms with van der Waals surface area (Å²) >= 11 is 4.80. The number of likely N-dealkylation sites (N-methyl/N-ethyl adjacent to an activating group) is 1. The van der Waals surface area contributed by atoms with Crippen LogP contribution in [-0.4, -0.2) is 24.4 Å². The summed E-state index contributed by atoms with van der Waals surface area (Å²) < 4.78 is 14.3. The van der Waals surface area contributed by atoms with Crippen molar-refractivity contribution in [1.29, 1.82) is 0 Å². The van der Waals surface area contributed by atoms with Crippen molar-refractivity contribution in [3.05, 3.63) is 50.9 Å². The number of rotatable bonds is 5. The van der Waals surface area contributed by atoms with Gasteiger partial charge in [0.15, 0.2) is 0 Å². The lowest BCUT2D eigenvalue weighted by atomic mass is 10.3.